The Kier molecular flexibility index (Phi) is 5.16. The van der Waals surface area contributed by atoms with E-state index in [-0.39, 0.29) is 0 Å². The van der Waals surface area contributed by atoms with Crippen LogP contribution in [0.2, 0.25) is 0 Å². The first-order valence-electron chi connectivity index (χ1n) is 6.25. The van der Waals surface area contributed by atoms with Crippen molar-refractivity contribution in [3.63, 3.8) is 0 Å². The van der Waals surface area contributed by atoms with Crippen LogP contribution in [0.4, 0.5) is 5.69 Å². The van der Waals surface area contributed by atoms with Crippen molar-refractivity contribution in [3.8, 4) is 0 Å². The summed E-state index contributed by atoms with van der Waals surface area (Å²) in [6.45, 7) is 6.11. The molecule has 3 N–H and O–H groups in total. The number of hydrogen-bond donors (Lipinski definition) is 2. The van der Waals surface area contributed by atoms with Crippen molar-refractivity contribution < 1.29 is 8.42 Å². The molecule has 0 heterocycles. The number of nitrogens with one attached hydrogen (secondary N) is 1. The number of benzene rings is 1. The Labute approximate surface area is 110 Å². The zero-order valence-electron chi connectivity index (χ0n) is 11.3. The summed E-state index contributed by atoms with van der Waals surface area (Å²) in [5.41, 5.74) is 7.67. The van der Waals surface area contributed by atoms with Gasteiger partial charge in [-0.3, -0.25) is 0 Å². The first-order valence-corrected chi connectivity index (χ1v) is 7.73. The Balaban J connectivity index is 2.92. The van der Waals surface area contributed by atoms with Gasteiger partial charge in [0.1, 0.15) is 0 Å². The molecule has 0 bridgehead atoms. The van der Waals surface area contributed by atoms with Gasteiger partial charge in [0.15, 0.2) is 0 Å². The Morgan fingerprint density at radius 3 is 2.22 bits per heavy atom. The molecule has 0 saturated carbocycles. The summed E-state index contributed by atoms with van der Waals surface area (Å²) < 4.78 is 27.0. The van der Waals surface area contributed by atoms with Crippen LogP contribution in [0.5, 0.6) is 0 Å². The number of nitrogens with two attached hydrogens (primary N) is 1. The molecule has 0 aliphatic carbocycles. The van der Waals surface area contributed by atoms with Crippen molar-refractivity contribution in [3.05, 3.63) is 23.3 Å². The maximum Gasteiger partial charge on any atom is 0.241 e. The Morgan fingerprint density at radius 2 is 1.72 bits per heavy atom. The predicted molar refractivity (Wildman–Crippen MR) is 75.0 cm³/mol. The van der Waals surface area contributed by atoms with E-state index >= 15 is 0 Å². The standard InChI is InChI=1S/C13H22N2O2S/c1-4-5-6-7-15-18(16,17)13-10(2)8-12(14)9-11(13)3/h8-9,15H,4-7,14H2,1-3H3. The highest BCUT2D eigenvalue weighted by atomic mass is 32.2. The lowest BCUT2D eigenvalue weighted by atomic mass is 10.1. The lowest BCUT2D eigenvalue weighted by Crippen LogP contribution is -2.26. The second-order valence-electron chi connectivity index (χ2n) is 4.59. The molecule has 102 valence electrons. The maximum atomic E-state index is 12.2. The summed E-state index contributed by atoms with van der Waals surface area (Å²) in [5.74, 6) is 0. The largest absolute Gasteiger partial charge is 0.399 e. The van der Waals surface area contributed by atoms with Crippen molar-refractivity contribution in [1.82, 2.24) is 4.72 Å². The van der Waals surface area contributed by atoms with E-state index in [1.54, 1.807) is 26.0 Å². The molecule has 0 unspecified atom stereocenters. The Bertz CT molecular complexity index is 487. The highest BCUT2D eigenvalue weighted by Crippen LogP contribution is 2.22. The molecule has 0 amide bonds. The molecular weight excluding hydrogens is 248 g/mol. The van der Waals surface area contributed by atoms with Crippen molar-refractivity contribution in [1.29, 1.82) is 0 Å². The number of unbranched alkanes of at least 4 members (excludes halogenated alkanes) is 2. The number of hydrogen-bond acceptors (Lipinski definition) is 3. The molecule has 18 heavy (non-hydrogen) atoms. The molecule has 0 aliphatic rings. The van der Waals surface area contributed by atoms with Crippen molar-refractivity contribution in [2.24, 2.45) is 0 Å². The number of sulfonamides is 1. The van der Waals surface area contributed by atoms with E-state index in [0.29, 0.717) is 28.3 Å². The number of rotatable bonds is 6. The Hall–Kier alpha value is -1.07. The second kappa shape index (κ2) is 6.20. The fraction of sp³-hybridized carbons (Fsp3) is 0.538. The van der Waals surface area contributed by atoms with E-state index in [1.165, 1.54) is 0 Å². The zero-order valence-corrected chi connectivity index (χ0v) is 12.1. The molecule has 0 saturated heterocycles. The first-order chi connectivity index (χ1) is 8.38. The molecule has 0 spiro atoms. The zero-order chi connectivity index (χ0) is 13.8. The smallest absolute Gasteiger partial charge is 0.241 e. The molecule has 1 aromatic rings. The normalized spacial score (nSPS) is 11.7. The summed E-state index contributed by atoms with van der Waals surface area (Å²) in [6.07, 6.45) is 2.96. The lowest BCUT2D eigenvalue weighted by Gasteiger charge is -2.12. The van der Waals surface area contributed by atoms with E-state index in [9.17, 15) is 8.42 Å². The van der Waals surface area contributed by atoms with E-state index in [1.807, 2.05) is 0 Å². The third-order valence-electron chi connectivity index (χ3n) is 2.82. The van der Waals surface area contributed by atoms with Crippen LogP contribution in [0.25, 0.3) is 0 Å². The van der Waals surface area contributed by atoms with Crippen LogP contribution in [-0.4, -0.2) is 15.0 Å². The average Bonchev–Trinajstić information content (AvgIpc) is 2.22. The minimum atomic E-state index is -3.42. The molecule has 0 radical (unpaired) electrons. The van der Waals surface area contributed by atoms with Gasteiger partial charge in [0.2, 0.25) is 10.0 Å². The summed E-state index contributed by atoms with van der Waals surface area (Å²) in [6, 6.07) is 3.38. The van der Waals surface area contributed by atoms with Crippen LogP contribution >= 0.6 is 0 Å². The maximum absolute atomic E-state index is 12.2. The van der Waals surface area contributed by atoms with Crippen LogP contribution in [-0.2, 0) is 10.0 Å². The van der Waals surface area contributed by atoms with Gasteiger partial charge in [0, 0.05) is 12.2 Å². The van der Waals surface area contributed by atoms with Crippen molar-refractivity contribution in [2.75, 3.05) is 12.3 Å². The highest BCUT2D eigenvalue weighted by Gasteiger charge is 2.19. The van der Waals surface area contributed by atoms with Crippen LogP contribution in [0.15, 0.2) is 17.0 Å². The molecule has 5 heteroatoms. The number of aryl methyl sites for hydroxylation is 2. The minimum Gasteiger partial charge on any atom is -0.399 e. The van der Waals surface area contributed by atoms with Crippen LogP contribution in [0.1, 0.15) is 37.3 Å². The third kappa shape index (κ3) is 3.71. The molecule has 1 aromatic carbocycles. The van der Waals surface area contributed by atoms with Gasteiger partial charge in [-0.25, -0.2) is 13.1 Å². The van der Waals surface area contributed by atoms with E-state index < -0.39 is 10.0 Å². The predicted octanol–water partition coefficient (Wildman–Crippen LogP) is 2.35. The molecule has 0 fully saturated rings. The number of anilines is 1. The van der Waals surface area contributed by atoms with Crippen molar-refractivity contribution >= 4 is 15.7 Å². The quantitative estimate of drug-likeness (QED) is 0.615. The van der Waals surface area contributed by atoms with Gasteiger partial charge in [-0.15, -0.1) is 0 Å². The van der Waals surface area contributed by atoms with Crippen LogP contribution in [0.3, 0.4) is 0 Å². The Morgan fingerprint density at radius 1 is 1.17 bits per heavy atom. The van der Waals surface area contributed by atoms with Gasteiger partial charge < -0.3 is 5.73 Å². The van der Waals surface area contributed by atoms with Gasteiger partial charge in [-0.1, -0.05) is 19.8 Å². The monoisotopic (exact) mass is 270 g/mol. The van der Waals surface area contributed by atoms with E-state index in [4.69, 9.17) is 5.73 Å². The highest BCUT2D eigenvalue weighted by molar-refractivity contribution is 7.89. The lowest BCUT2D eigenvalue weighted by molar-refractivity contribution is 0.575. The number of nitrogen functional groups attached to an aromatic ring is 1. The first kappa shape index (κ1) is 15.0. The minimum absolute atomic E-state index is 0.355. The van der Waals surface area contributed by atoms with Gasteiger partial charge in [0.25, 0.3) is 0 Å². The van der Waals surface area contributed by atoms with E-state index in [2.05, 4.69) is 11.6 Å². The molecule has 0 atom stereocenters. The van der Waals surface area contributed by atoms with E-state index in [0.717, 1.165) is 19.3 Å². The average molecular weight is 270 g/mol. The van der Waals surface area contributed by atoms with Gasteiger partial charge in [-0.2, -0.15) is 0 Å². The molecule has 4 nitrogen and oxygen atoms in total. The molecule has 0 aromatic heterocycles. The van der Waals surface area contributed by atoms with Gasteiger partial charge >= 0.3 is 0 Å². The molecular formula is C13H22N2O2S. The van der Waals surface area contributed by atoms with Crippen LogP contribution < -0.4 is 10.5 Å². The van der Waals surface area contributed by atoms with Crippen molar-refractivity contribution in [2.45, 2.75) is 44.9 Å². The second-order valence-corrected chi connectivity index (χ2v) is 6.29. The summed E-state index contributed by atoms with van der Waals surface area (Å²) in [4.78, 5) is 0.355. The third-order valence-corrected chi connectivity index (χ3v) is 4.59. The fourth-order valence-corrected chi connectivity index (χ4v) is 3.58. The van der Waals surface area contributed by atoms with Crippen LogP contribution in [0, 0.1) is 13.8 Å². The molecule has 0 aliphatic heterocycles. The summed E-state index contributed by atoms with van der Waals surface area (Å²) in [5, 5.41) is 0. The summed E-state index contributed by atoms with van der Waals surface area (Å²) >= 11 is 0. The summed E-state index contributed by atoms with van der Waals surface area (Å²) in [7, 11) is -3.42. The van der Waals surface area contributed by atoms with Gasteiger partial charge in [-0.05, 0) is 43.5 Å². The topological polar surface area (TPSA) is 72.2 Å². The SMILES string of the molecule is CCCCCNS(=O)(=O)c1c(C)cc(N)cc1C. The molecule has 1 rings (SSSR count). The van der Waals surface area contributed by atoms with Gasteiger partial charge in [0.05, 0.1) is 4.90 Å². The fourth-order valence-electron chi connectivity index (χ4n) is 2.06.